The van der Waals surface area contributed by atoms with Crippen molar-refractivity contribution in [2.75, 3.05) is 6.54 Å². The zero-order chi connectivity index (χ0) is 23.6. The molecule has 0 saturated heterocycles. The average Bonchev–Trinajstić information content (AvgIpc) is 3.17. The van der Waals surface area contributed by atoms with Gasteiger partial charge in [0.25, 0.3) is 0 Å². The molecule has 0 radical (unpaired) electrons. The molecule has 0 fully saturated rings. The topological polar surface area (TPSA) is 90.1 Å². The van der Waals surface area contributed by atoms with Gasteiger partial charge in [0, 0.05) is 6.54 Å². The van der Waals surface area contributed by atoms with Crippen LogP contribution in [0.5, 0.6) is 0 Å². The van der Waals surface area contributed by atoms with Crippen molar-refractivity contribution in [3.8, 4) is 0 Å². The van der Waals surface area contributed by atoms with Crippen molar-refractivity contribution >= 4 is 11.7 Å². The maximum absolute atomic E-state index is 12.3. The Kier molecular flexibility index (Phi) is 15.5. The SMILES string of the molecule is CCCCCCCCCCCCCCCCCCNC(=O)C(C)n1nc([N+](=O)[O-])cc1C. The van der Waals surface area contributed by atoms with Gasteiger partial charge in [-0.15, -0.1) is 0 Å². The second kappa shape index (κ2) is 17.6. The molecule has 0 aliphatic rings. The monoisotopic (exact) mass is 450 g/mol. The van der Waals surface area contributed by atoms with Gasteiger partial charge in [0.15, 0.2) is 0 Å². The van der Waals surface area contributed by atoms with Crippen LogP contribution in [0, 0.1) is 17.0 Å². The first-order valence-electron chi connectivity index (χ1n) is 13.0. The zero-order valence-electron chi connectivity index (χ0n) is 20.7. The third-order valence-electron chi connectivity index (χ3n) is 6.17. The molecule has 1 atom stereocenters. The summed E-state index contributed by atoms with van der Waals surface area (Å²) in [5.74, 6) is -0.369. The van der Waals surface area contributed by atoms with Crippen LogP contribution in [0.1, 0.15) is 128 Å². The molecule has 1 N–H and O–H groups in total. The normalized spacial score (nSPS) is 12.1. The summed E-state index contributed by atoms with van der Waals surface area (Å²) in [5.41, 5.74) is 0.613. The van der Waals surface area contributed by atoms with Gasteiger partial charge in [-0.25, -0.2) is 0 Å². The van der Waals surface area contributed by atoms with Gasteiger partial charge in [-0.3, -0.25) is 4.79 Å². The molecule has 32 heavy (non-hydrogen) atoms. The number of hydrogen-bond acceptors (Lipinski definition) is 4. The summed E-state index contributed by atoms with van der Waals surface area (Å²) < 4.78 is 1.42. The number of carbonyl (C=O) groups excluding carboxylic acids is 1. The van der Waals surface area contributed by atoms with Gasteiger partial charge in [0.05, 0.1) is 16.9 Å². The molecule has 1 aromatic heterocycles. The van der Waals surface area contributed by atoms with Crippen molar-refractivity contribution in [3.63, 3.8) is 0 Å². The van der Waals surface area contributed by atoms with E-state index in [2.05, 4.69) is 17.3 Å². The number of nitrogens with one attached hydrogen (secondary N) is 1. The molecule has 0 aliphatic heterocycles. The van der Waals surface area contributed by atoms with E-state index in [4.69, 9.17) is 0 Å². The van der Waals surface area contributed by atoms with E-state index in [-0.39, 0.29) is 11.7 Å². The minimum atomic E-state index is -0.551. The highest BCUT2D eigenvalue weighted by molar-refractivity contribution is 5.79. The zero-order valence-corrected chi connectivity index (χ0v) is 20.7. The maximum Gasteiger partial charge on any atom is 0.390 e. The van der Waals surface area contributed by atoms with Crippen molar-refractivity contribution < 1.29 is 9.72 Å². The summed E-state index contributed by atoms with van der Waals surface area (Å²) in [6.07, 6.45) is 21.2. The predicted molar refractivity (Wildman–Crippen MR) is 131 cm³/mol. The van der Waals surface area contributed by atoms with E-state index < -0.39 is 11.0 Å². The van der Waals surface area contributed by atoms with Crippen LogP contribution in [-0.4, -0.2) is 27.2 Å². The summed E-state index contributed by atoms with van der Waals surface area (Å²) in [7, 11) is 0. The smallest absolute Gasteiger partial charge is 0.358 e. The highest BCUT2D eigenvalue weighted by Gasteiger charge is 2.24. The molecule has 0 aliphatic carbocycles. The van der Waals surface area contributed by atoms with Crippen molar-refractivity contribution in [2.24, 2.45) is 0 Å². The van der Waals surface area contributed by atoms with E-state index in [1.807, 2.05) is 0 Å². The minimum Gasteiger partial charge on any atom is -0.358 e. The van der Waals surface area contributed by atoms with Gasteiger partial charge in [-0.2, -0.15) is 4.68 Å². The van der Waals surface area contributed by atoms with E-state index in [1.54, 1.807) is 13.8 Å². The standard InChI is InChI=1S/C25H46N4O3/c1-4-5-6-7-8-9-10-11-12-13-14-15-16-17-18-19-20-26-25(30)23(3)28-22(2)21-24(27-28)29(31)32/h21,23H,4-20H2,1-3H3,(H,26,30). The molecule has 0 saturated carbocycles. The Morgan fingerprint density at radius 3 is 1.78 bits per heavy atom. The lowest BCUT2D eigenvalue weighted by Gasteiger charge is -2.11. The molecular formula is C25H46N4O3. The van der Waals surface area contributed by atoms with Gasteiger partial charge in [-0.05, 0) is 25.2 Å². The van der Waals surface area contributed by atoms with Crippen molar-refractivity contribution in [1.29, 1.82) is 0 Å². The number of nitro groups is 1. The van der Waals surface area contributed by atoms with Crippen LogP contribution >= 0.6 is 0 Å². The van der Waals surface area contributed by atoms with E-state index in [0.717, 1.165) is 12.8 Å². The summed E-state index contributed by atoms with van der Waals surface area (Å²) in [6, 6.07) is 0.837. The number of aryl methyl sites for hydroxylation is 1. The lowest BCUT2D eigenvalue weighted by molar-refractivity contribution is -0.389. The van der Waals surface area contributed by atoms with Crippen LogP contribution in [-0.2, 0) is 4.79 Å². The van der Waals surface area contributed by atoms with Crippen LogP contribution in [0.2, 0.25) is 0 Å². The summed E-state index contributed by atoms with van der Waals surface area (Å²) in [5, 5.41) is 17.7. The Bertz CT molecular complexity index is 645. The number of aromatic nitrogens is 2. The lowest BCUT2D eigenvalue weighted by Crippen LogP contribution is -2.32. The van der Waals surface area contributed by atoms with Gasteiger partial charge in [0.1, 0.15) is 6.04 Å². The number of rotatable bonds is 20. The molecule has 0 spiro atoms. The Labute approximate surface area is 194 Å². The van der Waals surface area contributed by atoms with Crippen LogP contribution < -0.4 is 5.32 Å². The number of carbonyl (C=O) groups is 1. The minimum absolute atomic E-state index is 0.146. The van der Waals surface area contributed by atoms with E-state index in [1.165, 1.54) is 101 Å². The van der Waals surface area contributed by atoms with Gasteiger partial charge in [-0.1, -0.05) is 103 Å². The van der Waals surface area contributed by atoms with Crippen LogP contribution in [0.15, 0.2) is 6.07 Å². The van der Waals surface area contributed by atoms with E-state index in [0.29, 0.717) is 12.2 Å². The molecular weight excluding hydrogens is 404 g/mol. The summed E-state index contributed by atoms with van der Waals surface area (Å²) >= 11 is 0. The molecule has 0 aromatic carbocycles. The number of nitrogens with zero attached hydrogens (tertiary/aromatic N) is 3. The number of hydrogen-bond donors (Lipinski definition) is 1. The molecule has 7 heteroatoms. The third kappa shape index (κ3) is 12.2. The fourth-order valence-electron chi connectivity index (χ4n) is 4.10. The largest absolute Gasteiger partial charge is 0.390 e. The number of unbranched alkanes of at least 4 members (excludes halogenated alkanes) is 15. The first-order valence-corrected chi connectivity index (χ1v) is 13.0. The summed E-state index contributed by atoms with van der Waals surface area (Å²) in [4.78, 5) is 22.6. The van der Waals surface area contributed by atoms with E-state index >= 15 is 0 Å². The van der Waals surface area contributed by atoms with E-state index in [9.17, 15) is 14.9 Å². The fraction of sp³-hybridized carbons (Fsp3) is 0.840. The van der Waals surface area contributed by atoms with Crippen LogP contribution in [0.25, 0.3) is 0 Å². The van der Waals surface area contributed by atoms with Crippen LogP contribution in [0.3, 0.4) is 0 Å². The average molecular weight is 451 g/mol. The molecule has 1 unspecified atom stereocenters. The fourth-order valence-corrected chi connectivity index (χ4v) is 4.10. The van der Waals surface area contributed by atoms with Gasteiger partial charge >= 0.3 is 5.82 Å². The van der Waals surface area contributed by atoms with Crippen molar-refractivity contribution in [1.82, 2.24) is 15.1 Å². The predicted octanol–water partition coefficient (Wildman–Crippen LogP) is 7.04. The third-order valence-corrected chi connectivity index (χ3v) is 6.17. The quantitative estimate of drug-likeness (QED) is 0.131. The highest BCUT2D eigenvalue weighted by atomic mass is 16.6. The van der Waals surface area contributed by atoms with Crippen molar-refractivity contribution in [2.45, 2.75) is 130 Å². The first-order chi connectivity index (χ1) is 15.5. The lowest BCUT2D eigenvalue weighted by atomic mass is 10.0. The first kappa shape index (κ1) is 28.1. The molecule has 184 valence electrons. The second-order valence-electron chi connectivity index (χ2n) is 9.12. The van der Waals surface area contributed by atoms with Crippen molar-refractivity contribution in [3.05, 3.63) is 21.9 Å². The maximum atomic E-state index is 12.3. The highest BCUT2D eigenvalue weighted by Crippen LogP contribution is 2.16. The Morgan fingerprint density at radius 1 is 0.938 bits per heavy atom. The Hall–Kier alpha value is -1.92. The molecule has 1 aromatic rings. The molecule has 0 bridgehead atoms. The Morgan fingerprint density at radius 2 is 1.38 bits per heavy atom. The molecule has 1 rings (SSSR count). The van der Waals surface area contributed by atoms with Gasteiger partial charge < -0.3 is 15.4 Å². The molecule has 1 heterocycles. The van der Waals surface area contributed by atoms with Crippen LogP contribution in [0.4, 0.5) is 5.82 Å². The second-order valence-corrected chi connectivity index (χ2v) is 9.12. The summed E-state index contributed by atoms with van der Waals surface area (Å²) in [6.45, 7) is 6.35. The Balaban J connectivity index is 1.93. The molecule has 7 nitrogen and oxygen atoms in total. The number of amides is 1. The molecule has 1 amide bonds. The van der Waals surface area contributed by atoms with Gasteiger partial charge in [0.2, 0.25) is 5.91 Å².